The molecule has 0 radical (unpaired) electrons. The lowest BCUT2D eigenvalue weighted by atomic mass is 9.93. The molecule has 3 unspecified atom stereocenters. The molecule has 3 heteroatoms. The van der Waals surface area contributed by atoms with Crippen molar-refractivity contribution in [3.8, 4) is 5.75 Å². The Labute approximate surface area is 109 Å². The fraction of sp³-hybridized carbons (Fsp3) is 0.571. The van der Waals surface area contributed by atoms with Crippen molar-refractivity contribution in [3.05, 3.63) is 29.3 Å². The normalized spacial score (nSPS) is 30.1. The third kappa shape index (κ3) is 2.16. The minimum atomic E-state index is 0. The SMILES string of the molecule is COc1ccc2c(c1)CC1CCC(C2)C1N.Cl. The van der Waals surface area contributed by atoms with Gasteiger partial charge in [-0.3, -0.25) is 0 Å². The summed E-state index contributed by atoms with van der Waals surface area (Å²) in [6.07, 6.45) is 4.93. The summed E-state index contributed by atoms with van der Waals surface area (Å²) in [7, 11) is 1.73. The van der Waals surface area contributed by atoms with E-state index in [1.54, 1.807) is 7.11 Å². The zero-order valence-electron chi connectivity index (χ0n) is 10.2. The average Bonchev–Trinajstić information content (AvgIpc) is 2.55. The maximum Gasteiger partial charge on any atom is 0.119 e. The molecule has 2 bridgehead atoms. The number of hydrogen-bond acceptors (Lipinski definition) is 2. The van der Waals surface area contributed by atoms with Crippen LogP contribution in [0.25, 0.3) is 0 Å². The molecule has 2 nitrogen and oxygen atoms in total. The van der Waals surface area contributed by atoms with Crippen LogP contribution in [0, 0.1) is 11.8 Å². The Bertz CT molecular complexity index is 407. The largest absolute Gasteiger partial charge is 0.497 e. The van der Waals surface area contributed by atoms with Gasteiger partial charge >= 0.3 is 0 Å². The number of ether oxygens (including phenoxy) is 1. The van der Waals surface area contributed by atoms with Gasteiger partial charge in [0.2, 0.25) is 0 Å². The van der Waals surface area contributed by atoms with E-state index in [-0.39, 0.29) is 12.4 Å². The second kappa shape index (κ2) is 4.87. The molecule has 94 valence electrons. The Morgan fingerprint density at radius 1 is 1.12 bits per heavy atom. The van der Waals surface area contributed by atoms with Gasteiger partial charge in [-0.2, -0.15) is 0 Å². The molecule has 1 aromatic carbocycles. The van der Waals surface area contributed by atoms with Crippen molar-refractivity contribution in [1.82, 2.24) is 0 Å². The lowest BCUT2D eigenvalue weighted by molar-refractivity contribution is 0.412. The predicted molar refractivity (Wildman–Crippen MR) is 71.8 cm³/mol. The summed E-state index contributed by atoms with van der Waals surface area (Å²) in [5, 5.41) is 0. The summed E-state index contributed by atoms with van der Waals surface area (Å²) in [6, 6.07) is 6.91. The number of rotatable bonds is 1. The highest BCUT2D eigenvalue weighted by Gasteiger charge is 2.36. The van der Waals surface area contributed by atoms with E-state index in [1.165, 1.54) is 24.0 Å². The van der Waals surface area contributed by atoms with E-state index in [4.69, 9.17) is 10.5 Å². The standard InChI is InChI=1S/C14H19NO.ClH/c1-16-13-5-4-9-6-10-2-3-11(14(10)15)7-12(9)8-13;/h4-5,8,10-11,14H,2-3,6-7,15H2,1H3;1H. The molecule has 1 aromatic rings. The smallest absolute Gasteiger partial charge is 0.119 e. The van der Waals surface area contributed by atoms with Crippen LogP contribution in [-0.4, -0.2) is 13.2 Å². The minimum absolute atomic E-state index is 0. The summed E-state index contributed by atoms with van der Waals surface area (Å²) in [5.41, 5.74) is 9.25. The molecule has 0 amide bonds. The van der Waals surface area contributed by atoms with Crippen molar-refractivity contribution < 1.29 is 4.74 Å². The fourth-order valence-corrected chi connectivity index (χ4v) is 3.36. The molecule has 3 rings (SSSR count). The third-order valence-electron chi connectivity index (χ3n) is 4.37. The molecule has 0 heterocycles. The molecule has 2 aliphatic rings. The molecular weight excluding hydrogens is 234 g/mol. The van der Waals surface area contributed by atoms with Gasteiger partial charge in [-0.25, -0.2) is 0 Å². The third-order valence-corrected chi connectivity index (χ3v) is 4.37. The first kappa shape index (κ1) is 12.7. The molecule has 0 spiro atoms. The van der Waals surface area contributed by atoms with E-state index in [9.17, 15) is 0 Å². The monoisotopic (exact) mass is 253 g/mol. The first-order chi connectivity index (χ1) is 7.78. The van der Waals surface area contributed by atoms with E-state index >= 15 is 0 Å². The number of nitrogens with two attached hydrogens (primary N) is 1. The van der Waals surface area contributed by atoms with Gasteiger partial charge < -0.3 is 10.5 Å². The Balaban J connectivity index is 0.00000108. The lowest BCUT2D eigenvalue weighted by Crippen LogP contribution is -2.31. The van der Waals surface area contributed by atoms with Crippen LogP contribution in [0.5, 0.6) is 5.75 Å². The Morgan fingerprint density at radius 2 is 1.76 bits per heavy atom. The molecule has 17 heavy (non-hydrogen) atoms. The van der Waals surface area contributed by atoms with Gasteiger partial charge in [0.15, 0.2) is 0 Å². The minimum Gasteiger partial charge on any atom is -0.497 e. The van der Waals surface area contributed by atoms with Crippen LogP contribution >= 0.6 is 12.4 Å². The van der Waals surface area contributed by atoms with Gasteiger partial charge in [-0.1, -0.05) is 6.07 Å². The molecule has 1 saturated carbocycles. The lowest BCUT2D eigenvalue weighted by Gasteiger charge is -2.15. The van der Waals surface area contributed by atoms with Gasteiger partial charge in [0.05, 0.1) is 7.11 Å². The number of fused-ring (bicyclic) bond motifs is 3. The van der Waals surface area contributed by atoms with Gasteiger partial charge in [0.1, 0.15) is 5.75 Å². The van der Waals surface area contributed by atoms with Crippen LogP contribution in [0.15, 0.2) is 18.2 Å². The van der Waals surface area contributed by atoms with Crippen LogP contribution in [0.3, 0.4) is 0 Å². The van der Waals surface area contributed by atoms with Crippen LogP contribution < -0.4 is 10.5 Å². The summed E-state index contributed by atoms with van der Waals surface area (Å²) < 4.78 is 5.30. The summed E-state index contributed by atoms with van der Waals surface area (Å²) in [6.45, 7) is 0. The highest BCUT2D eigenvalue weighted by molar-refractivity contribution is 5.85. The van der Waals surface area contributed by atoms with Gasteiger partial charge in [0, 0.05) is 6.04 Å². The summed E-state index contributed by atoms with van der Waals surface area (Å²) in [4.78, 5) is 0. The average molecular weight is 254 g/mol. The van der Waals surface area contributed by atoms with Crippen LogP contribution in [-0.2, 0) is 12.8 Å². The van der Waals surface area contributed by atoms with Gasteiger partial charge in [-0.05, 0) is 60.8 Å². The van der Waals surface area contributed by atoms with Gasteiger partial charge in [0.25, 0.3) is 0 Å². The first-order valence-corrected chi connectivity index (χ1v) is 6.19. The Morgan fingerprint density at radius 3 is 2.41 bits per heavy atom. The highest BCUT2D eigenvalue weighted by atomic mass is 35.5. The quantitative estimate of drug-likeness (QED) is 0.835. The van der Waals surface area contributed by atoms with Crippen molar-refractivity contribution in [2.45, 2.75) is 31.7 Å². The highest BCUT2D eigenvalue weighted by Crippen LogP contribution is 2.39. The van der Waals surface area contributed by atoms with E-state index in [1.807, 2.05) is 0 Å². The van der Waals surface area contributed by atoms with E-state index in [2.05, 4.69) is 18.2 Å². The van der Waals surface area contributed by atoms with Crippen molar-refractivity contribution in [3.63, 3.8) is 0 Å². The van der Waals surface area contributed by atoms with E-state index in [0.29, 0.717) is 17.9 Å². The first-order valence-electron chi connectivity index (χ1n) is 6.19. The van der Waals surface area contributed by atoms with Crippen molar-refractivity contribution in [2.24, 2.45) is 17.6 Å². The maximum absolute atomic E-state index is 6.30. The summed E-state index contributed by atoms with van der Waals surface area (Å²) in [5.74, 6) is 2.38. The van der Waals surface area contributed by atoms with Crippen LogP contribution in [0.1, 0.15) is 24.0 Å². The Kier molecular flexibility index (Phi) is 3.64. The summed E-state index contributed by atoms with van der Waals surface area (Å²) >= 11 is 0. The van der Waals surface area contributed by atoms with E-state index < -0.39 is 0 Å². The van der Waals surface area contributed by atoms with Gasteiger partial charge in [-0.15, -0.1) is 12.4 Å². The van der Waals surface area contributed by atoms with Crippen LogP contribution in [0.2, 0.25) is 0 Å². The number of benzene rings is 1. The van der Waals surface area contributed by atoms with Crippen molar-refractivity contribution in [1.29, 1.82) is 0 Å². The zero-order chi connectivity index (χ0) is 11.1. The molecule has 2 N–H and O–H groups in total. The number of halogens is 1. The molecule has 0 aliphatic heterocycles. The molecule has 0 aromatic heterocycles. The second-order valence-corrected chi connectivity index (χ2v) is 5.22. The molecule has 2 aliphatic carbocycles. The van der Waals surface area contributed by atoms with Crippen LogP contribution in [0.4, 0.5) is 0 Å². The number of hydrogen-bond donors (Lipinski definition) is 1. The number of methoxy groups -OCH3 is 1. The van der Waals surface area contributed by atoms with Crippen molar-refractivity contribution >= 4 is 12.4 Å². The Hall–Kier alpha value is -0.730. The molecular formula is C14H20ClNO. The topological polar surface area (TPSA) is 35.2 Å². The second-order valence-electron chi connectivity index (χ2n) is 5.22. The molecule has 3 atom stereocenters. The molecule has 0 saturated heterocycles. The molecule has 1 fully saturated rings. The zero-order valence-corrected chi connectivity index (χ0v) is 11.0. The predicted octanol–water partition coefficient (Wildman–Crippen LogP) is 2.57. The van der Waals surface area contributed by atoms with Crippen molar-refractivity contribution in [2.75, 3.05) is 7.11 Å². The fourth-order valence-electron chi connectivity index (χ4n) is 3.36. The van der Waals surface area contributed by atoms with E-state index in [0.717, 1.165) is 18.6 Å². The maximum atomic E-state index is 6.30.